The average molecular weight is 150 g/mol. The summed E-state index contributed by atoms with van der Waals surface area (Å²) >= 11 is 0. The van der Waals surface area contributed by atoms with Gasteiger partial charge in [-0.25, -0.2) is 13.2 Å². The van der Waals surface area contributed by atoms with Crippen molar-refractivity contribution in [1.29, 1.82) is 0 Å². The van der Waals surface area contributed by atoms with E-state index in [9.17, 15) is 13.2 Å². The van der Waals surface area contributed by atoms with Crippen LogP contribution in [-0.2, 0) is 0 Å². The number of alkyl halides is 3. The molecule has 0 aromatic rings. The molecule has 8 heavy (non-hydrogen) atoms. The highest BCUT2D eigenvalue weighted by molar-refractivity contribution is 5.85. The molecule has 0 aliphatic rings. The number of nitrogens with two attached hydrogens (primary N) is 1. The van der Waals surface area contributed by atoms with Gasteiger partial charge in [0.25, 0.3) is 0 Å². The second kappa shape index (κ2) is 5.18. The Kier molecular flexibility index (Phi) is 7.08. The topological polar surface area (TPSA) is 26.0 Å². The molecular formula is C3H7ClF3N. The van der Waals surface area contributed by atoms with Crippen molar-refractivity contribution in [2.24, 2.45) is 5.73 Å². The summed E-state index contributed by atoms with van der Waals surface area (Å²) < 4.78 is 33.2. The van der Waals surface area contributed by atoms with Crippen molar-refractivity contribution >= 4 is 12.4 Å². The van der Waals surface area contributed by atoms with Crippen LogP contribution in [0.4, 0.5) is 13.2 Å². The van der Waals surface area contributed by atoms with E-state index < -0.39 is 19.1 Å². The van der Waals surface area contributed by atoms with Crippen LogP contribution >= 0.6 is 12.4 Å². The molecule has 0 saturated carbocycles. The first kappa shape index (κ1) is 10.9. The van der Waals surface area contributed by atoms with Gasteiger partial charge < -0.3 is 5.73 Å². The van der Waals surface area contributed by atoms with Crippen molar-refractivity contribution < 1.29 is 13.2 Å². The fourth-order valence-corrected chi connectivity index (χ4v) is 0.170. The smallest absolute Gasteiger partial charge is 0.242 e. The van der Waals surface area contributed by atoms with Gasteiger partial charge in [0.1, 0.15) is 0 Å². The lowest BCUT2D eigenvalue weighted by atomic mass is 10.4. The minimum absolute atomic E-state index is 0. The summed E-state index contributed by atoms with van der Waals surface area (Å²) in [6.07, 6.45) is -5.36. The Morgan fingerprint density at radius 3 is 1.62 bits per heavy atom. The third kappa shape index (κ3) is 9.40. The van der Waals surface area contributed by atoms with Crippen molar-refractivity contribution in [1.82, 2.24) is 0 Å². The molecule has 0 radical (unpaired) electrons. The summed E-state index contributed by atoms with van der Waals surface area (Å²) in [4.78, 5) is 0. The highest BCUT2D eigenvalue weighted by Gasteiger charge is 2.07. The molecule has 0 saturated heterocycles. The molecule has 0 amide bonds. The summed E-state index contributed by atoms with van der Waals surface area (Å²) in [5, 5.41) is 0. The fraction of sp³-hybridized carbons (Fsp3) is 1.00. The molecule has 1 atom stereocenters. The van der Waals surface area contributed by atoms with Crippen molar-refractivity contribution in [3.63, 3.8) is 0 Å². The third-order valence-corrected chi connectivity index (χ3v) is 0.403. The molecule has 2 N–H and O–H groups in total. The molecule has 1 nitrogen and oxygen atoms in total. The average Bonchev–Trinajstić information content (AvgIpc) is 1.27. The highest BCUT2D eigenvalue weighted by Crippen LogP contribution is 2.01. The van der Waals surface area contributed by atoms with E-state index in [1.54, 1.807) is 0 Å². The Balaban J connectivity index is 0. The minimum atomic E-state index is -2.63. The van der Waals surface area contributed by atoms with Crippen molar-refractivity contribution in [2.75, 3.05) is 0 Å². The maximum atomic E-state index is 11.2. The highest BCUT2D eigenvalue weighted by atomic mass is 35.5. The lowest BCUT2D eigenvalue weighted by molar-refractivity contribution is 0.102. The van der Waals surface area contributed by atoms with Gasteiger partial charge >= 0.3 is 0 Å². The third-order valence-electron chi connectivity index (χ3n) is 0.403. The molecule has 0 aromatic carbocycles. The molecule has 5 heteroatoms. The Morgan fingerprint density at radius 2 is 1.62 bits per heavy atom. The van der Waals surface area contributed by atoms with Gasteiger partial charge in [0, 0.05) is 0 Å². The second-order valence-corrected chi connectivity index (χ2v) is 1.14. The van der Waals surface area contributed by atoms with Crippen LogP contribution in [0.1, 0.15) is 6.42 Å². The van der Waals surface area contributed by atoms with Gasteiger partial charge in [0.15, 0.2) is 6.30 Å². The van der Waals surface area contributed by atoms with Crippen LogP contribution in [0.25, 0.3) is 0 Å². The Morgan fingerprint density at radius 1 is 1.25 bits per heavy atom. The standard InChI is InChI=1S/C3H6F3N.ClH/c4-2(5)1-3(6)7;/h2-3H,1,7H2;1H. The van der Waals surface area contributed by atoms with Crippen LogP contribution < -0.4 is 5.73 Å². The SMILES string of the molecule is Cl.NC(F)CC(F)F. The maximum absolute atomic E-state index is 11.2. The van der Waals surface area contributed by atoms with Gasteiger partial charge in [-0.1, -0.05) is 0 Å². The zero-order valence-corrected chi connectivity index (χ0v) is 4.80. The van der Waals surface area contributed by atoms with E-state index in [4.69, 9.17) is 0 Å². The summed E-state index contributed by atoms with van der Waals surface area (Å²) in [6, 6.07) is 0. The quantitative estimate of drug-likeness (QED) is 0.589. The predicted octanol–water partition coefficient (Wildman–Crippen LogP) is 1.32. The van der Waals surface area contributed by atoms with Crippen LogP contribution in [0.3, 0.4) is 0 Å². The molecule has 0 aliphatic carbocycles. The lowest BCUT2D eigenvalue weighted by Gasteiger charge is -1.96. The molecule has 0 fully saturated rings. The molecule has 0 rings (SSSR count). The summed E-state index contributed by atoms with van der Waals surface area (Å²) in [5.41, 5.74) is 4.35. The van der Waals surface area contributed by atoms with E-state index in [1.807, 2.05) is 0 Å². The van der Waals surface area contributed by atoms with Crippen molar-refractivity contribution in [3.8, 4) is 0 Å². The summed E-state index contributed by atoms with van der Waals surface area (Å²) in [5.74, 6) is 0. The van der Waals surface area contributed by atoms with Gasteiger partial charge in [0.2, 0.25) is 6.43 Å². The first-order chi connectivity index (χ1) is 3.13. The fourth-order valence-electron chi connectivity index (χ4n) is 0.170. The molecule has 0 aliphatic heterocycles. The number of hydrogen-bond acceptors (Lipinski definition) is 1. The van der Waals surface area contributed by atoms with E-state index in [1.165, 1.54) is 0 Å². The van der Waals surface area contributed by atoms with E-state index >= 15 is 0 Å². The van der Waals surface area contributed by atoms with Crippen LogP contribution in [0.2, 0.25) is 0 Å². The van der Waals surface area contributed by atoms with Crippen molar-refractivity contribution in [3.05, 3.63) is 0 Å². The number of hydrogen-bond donors (Lipinski definition) is 1. The lowest BCUT2D eigenvalue weighted by Crippen LogP contribution is -2.16. The normalized spacial score (nSPS) is 13.1. The van der Waals surface area contributed by atoms with E-state index in [-0.39, 0.29) is 12.4 Å². The largest absolute Gasteiger partial charge is 0.302 e. The van der Waals surface area contributed by atoms with Gasteiger partial charge in [-0.2, -0.15) is 0 Å². The minimum Gasteiger partial charge on any atom is -0.302 e. The van der Waals surface area contributed by atoms with Crippen LogP contribution in [-0.4, -0.2) is 12.7 Å². The molecule has 52 valence electrons. The van der Waals surface area contributed by atoms with Gasteiger partial charge in [-0.3, -0.25) is 0 Å². The van der Waals surface area contributed by atoms with Crippen LogP contribution in [0.5, 0.6) is 0 Å². The van der Waals surface area contributed by atoms with Gasteiger partial charge in [-0.05, 0) is 0 Å². The zero-order chi connectivity index (χ0) is 5.86. The molecule has 0 aromatic heterocycles. The Labute approximate surface area is 51.5 Å². The Hall–Kier alpha value is 0.0400. The van der Waals surface area contributed by atoms with E-state index in [0.717, 1.165) is 0 Å². The van der Waals surface area contributed by atoms with Crippen molar-refractivity contribution in [2.45, 2.75) is 19.1 Å². The molecule has 1 unspecified atom stereocenters. The van der Waals surface area contributed by atoms with Crippen LogP contribution in [0, 0.1) is 0 Å². The van der Waals surface area contributed by atoms with Crippen LogP contribution in [0.15, 0.2) is 0 Å². The zero-order valence-electron chi connectivity index (χ0n) is 3.98. The summed E-state index contributed by atoms with van der Waals surface area (Å²) in [6.45, 7) is 0. The maximum Gasteiger partial charge on any atom is 0.242 e. The molecule has 0 heterocycles. The monoisotopic (exact) mass is 149 g/mol. The summed E-state index contributed by atoms with van der Waals surface area (Å²) in [7, 11) is 0. The van der Waals surface area contributed by atoms with Gasteiger partial charge in [0.05, 0.1) is 6.42 Å². The van der Waals surface area contributed by atoms with E-state index in [2.05, 4.69) is 5.73 Å². The first-order valence-corrected chi connectivity index (χ1v) is 1.80. The molecule has 0 bridgehead atoms. The predicted molar refractivity (Wildman–Crippen MR) is 27.0 cm³/mol. The number of rotatable bonds is 2. The second-order valence-electron chi connectivity index (χ2n) is 1.14. The first-order valence-electron chi connectivity index (χ1n) is 1.80. The number of halogens is 4. The van der Waals surface area contributed by atoms with E-state index in [0.29, 0.717) is 0 Å². The van der Waals surface area contributed by atoms with Gasteiger partial charge in [-0.15, -0.1) is 12.4 Å². The molecular weight excluding hydrogens is 142 g/mol. The molecule has 0 spiro atoms. The Bertz CT molecular complexity index is 43.8.